The van der Waals surface area contributed by atoms with Crippen molar-refractivity contribution in [1.82, 2.24) is 4.90 Å². The van der Waals surface area contributed by atoms with Crippen LogP contribution in [-0.2, 0) is 0 Å². The molecule has 88 valence electrons. The summed E-state index contributed by atoms with van der Waals surface area (Å²) >= 11 is 3.52. The summed E-state index contributed by atoms with van der Waals surface area (Å²) in [7, 11) is 2.17. The number of benzene rings is 1. The molecule has 1 aliphatic rings. The van der Waals surface area contributed by atoms with Crippen LogP contribution in [0.15, 0.2) is 22.7 Å². The number of ether oxygens (including phenoxy) is 1. The molecule has 0 amide bonds. The first-order chi connectivity index (χ1) is 7.65. The van der Waals surface area contributed by atoms with Gasteiger partial charge in [-0.3, -0.25) is 0 Å². The lowest BCUT2D eigenvalue weighted by atomic mass is 10.1. The molecular weight excluding hydrogens is 266 g/mol. The third-order valence-corrected chi connectivity index (χ3v) is 3.71. The van der Waals surface area contributed by atoms with E-state index in [4.69, 9.17) is 4.74 Å². The van der Waals surface area contributed by atoms with Gasteiger partial charge in [-0.15, -0.1) is 0 Å². The van der Waals surface area contributed by atoms with Gasteiger partial charge in [0.05, 0.1) is 11.1 Å². The minimum absolute atomic E-state index is 0.678. The fourth-order valence-corrected chi connectivity index (χ4v) is 2.45. The van der Waals surface area contributed by atoms with Gasteiger partial charge in [-0.25, -0.2) is 0 Å². The molecule has 0 spiro atoms. The average molecular weight is 284 g/mol. The van der Waals surface area contributed by atoms with Crippen molar-refractivity contribution in [3.63, 3.8) is 0 Å². The average Bonchev–Trinajstić information content (AvgIpc) is 2.66. The molecule has 16 heavy (non-hydrogen) atoms. The Kier molecular flexibility index (Phi) is 3.87. The normalized spacial score (nSPS) is 21.3. The third kappa shape index (κ3) is 2.98. The standard InChI is InChI=1S/C13H18BrNO/c1-10-3-4-12(14)13(7-10)16-9-11-5-6-15(2)8-11/h3-4,7,11H,5-6,8-9H2,1-2H3. The van der Waals surface area contributed by atoms with Crippen molar-refractivity contribution < 1.29 is 4.74 Å². The van der Waals surface area contributed by atoms with E-state index in [0.717, 1.165) is 23.4 Å². The van der Waals surface area contributed by atoms with Crippen LogP contribution in [0.5, 0.6) is 5.75 Å². The first kappa shape index (κ1) is 11.9. The minimum atomic E-state index is 0.678. The Morgan fingerprint density at radius 1 is 1.50 bits per heavy atom. The van der Waals surface area contributed by atoms with Crippen LogP contribution in [0, 0.1) is 12.8 Å². The topological polar surface area (TPSA) is 12.5 Å². The quantitative estimate of drug-likeness (QED) is 0.845. The molecule has 2 nitrogen and oxygen atoms in total. The number of hydrogen-bond donors (Lipinski definition) is 0. The summed E-state index contributed by atoms with van der Waals surface area (Å²) in [5, 5.41) is 0. The lowest BCUT2D eigenvalue weighted by Crippen LogP contribution is -2.18. The predicted molar refractivity (Wildman–Crippen MR) is 70.0 cm³/mol. The summed E-state index contributed by atoms with van der Waals surface area (Å²) in [6, 6.07) is 6.22. The van der Waals surface area contributed by atoms with Crippen LogP contribution in [0.2, 0.25) is 0 Å². The lowest BCUT2D eigenvalue weighted by molar-refractivity contribution is 0.247. The van der Waals surface area contributed by atoms with Gasteiger partial charge in [0.25, 0.3) is 0 Å². The van der Waals surface area contributed by atoms with E-state index in [9.17, 15) is 0 Å². The van der Waals surface area contributed by atoms with Crippen LogP contribution in [-0.4, -0.2) is 31.6 Å². The molecule has 0 saturated carbocycles. The van der Waals surface area contributed by atoms with Gasteiger partial charge in [0.2, 0.25) is 0 Å². The zero-order chi connectivity index (χ0) is 11.5. The molecule has 2 rings (SSSR count). The SMILES string of the molecule is Cc1ccc(Br)c(OCC2CCN(C)C2)c1. The monoisotopic (exact) mass is 283 g/mol. The second kappa shape index (κ2) is 5.19. The number of halogens is 1. The number of likely N-dealkylation sites (tertiary alicyclic amines) is 1. The van der Waals surface area contributed by atoms with E-state index in [1.165, 1.54) is 18.5 Å². The maximum atomic E-state index is 5.88. The number of nitrogens with zero attached hydrogens (tertiary/aromatic N) is 1. The molecule has 0 bridgehead atoms. The number of rotatable bonds is 3. The zero-order valence-electron chi connectivity index (χ0n) is 9.87. The van der Waals surface area contributed by atoms with Gasteiger partial charge in [0.15, 0.2) is 0 Å². The first-order valence-electron chi connectivity index (χ1n) is 5.72. The van der Waals surface area contributed by atoms with Crippen molar-refractivity contribution >= 4 is 15.9 Å². The summed E-state index contributed by atoms with van der Waals surface area (Å²) in [5.74, 6) is 1.65. The van der Waals surface area contributed by atoms with Crippen LogP contribution in [0.3, 0.4) is 0 Å². The molecule has 1 aromatic rings. The van der Waals surface area contributed by atoms with E-state index in [0.29, 0.717) is 5.92 Å². The molecule has 0 N–H and O–H groups in total. The Bertz CT molecular complexity index is 367. The Morgan fingerprint density at radius 3 is 3.00 bits per heavy atom. The molecule has 3 heteroatoms. The van der Waals surface area contributed by atoms with E-state index >= 15 is 0 Å². The van der Waals surface area contributed by atoms with Gasteiger partial charge in [0.1, 0.15) is 5.75 Å². The summed E-state index contributed by atoms with van der Waals surface area (Å²) < 4.78 is 6.92. The summed E-state index contributed by atoms with van der Waals surface area (Å²) in [4.78, 5) is 2.36. The van der Waals surface area contributed by atoms with E-state index in [1.807, 2.05) is 6.07 Å². The minimum Gasteiger partial charge on any atom is -0.492 e. The Hall–Kier alpha value is -0.540. The zero-order valence-corrected chi connectivity index (χ0v) is 11.5. The smallest absolute Gasteiger partial charge is 0.133 e. The van der Waals surface area contributed by atoms with Crippen molar-refractivity contribution in [3.05, 3.63) is 28.2 Å². The van der Waals surface area contributed by atoms with Crippen LogP contribution in [0.4, 0.5) is 0 Å². The fraction of sp³-hybridized carbons (Fsp3) is 0.538. The molecule has 0 radical (unpaired) electrons. The molecule has 1 heterocycles. The Labute approximate surface area is 106 Å². The Balaban J connectivity index is 1.91. The highest BCUT2D eigenvalue weighted by atomic mass is 79.9. The fourth-order valence-electron chi connectivity index (χ4n) is 2.09. The lowest BCUT2D eigenvalue weighted by Gasteiger charge is -2.13. The summed E-state index contributed by atoms with van der Waals surface area (Å²) in [6.07, 6.45) is 1.25. The van der Waals surface area contributed by atoms with E-state index in [1.54, 1.807) is 0 Å². The van der Waals surface area contributed by atoms with Gasteiger partial charge < -0.3 is 9.64 Å². The molecule has 1 aliphatic heterocycles. The van der Waals surface area contributed by atoms with E-state index in [-0.39, 0.29) is 0 Å². The van der Waals surface area contributed by atoms with Crippen molar-refractivity contribution in [2.24, 2.45) is 5.92 Å². The second-order valence-electron chi connectivity index (χ2n) is 4.66. The van der Waals surface area contributed by atoms with Crippen molar-refractivity contribution in [2.45, 2.75) is 13.3 Å². The van der Waals surface area contributed by atoms with Crippen molar-refractivity contribution in [3.8, 4) is 5.75 Å². The van der Waals surface area contributed by atoms with Crippen molar-refractivity contribution in [2.75, 3.05) is 26.7 Å². The maximum absolute atomic E-state index is 5.88. The molecule has 1 aromatic carbocycles. The highest BCUT2D eigenvalue weighted by Crippen LogP contribution is 2.27. The molecule has 1 saturated heterocycles. The van der Waals surface area contributed by atoms with Crippen LogP contribution >= 0.6 is 15.9 Å². The number of hydrogen-bond acceptors (Lipinski definition) is 2. The first-order valence-corrected chi connectivity index (χ1v) is 6.52. The number of aryl methyl sites for hydroxylation is 1. The van der Waals surface area contributed by atoms with Crippen LogP contribution < -0.4 is 4.74 Å². The van der Waals surface area contributed by atoms with Gasteiger partial charge in [-0.1, -0.05) is 6.07 Å². The van der Waals surface area contributed by atoms with Gasteiger partial charge in [-0.05, 0) is 60.6 Å². The molecule has 1 atom stereocenters. The predicted octanol–water partition coefficient (Wildman–Crippen LogP) is 3.09. The van der Waals surface area contributed by atoms with Gasteiger partial charge >= 0.3 is 0 Å². The highest BCUT2D eigenvalue weighted by Gasteiger charge is 2.20. The molecule has 0 aliphatic carbocycles. The van der Waals surface area contributed by atoms with E-state index in [2.05, 4.69) is 46.9 Å². The third-order valence-electron chi connectivity index (χ3n) is 3.05. The molecular formula is C13H18BrNO. The maximum Gasteiger partial charge on any atom is 0.133 e. The summed E-state index contributed by atoms with van der Waals surface area (Å²) in [5.41, 5.74) is 1.24. The second-order valence-corrected chi connectivity index (χ2v) is 5.52. The van der Waals surface area contributed by atoms with Crippen LogP contribution in [0.25, 0.3) is 0 Å². The van der Waals surface area contributed by atoms with Gasteiger partial charge in [0, 0.05) is 12.5 Å². The van der Waals surface area contributed by atoms with E-state index < -0.39 is 0 Å². The highest BCUT2D eigenvalue weighted by molar-refractivity contribution is 9.10. The summed E-state index contributed by atoms with van der Waals surface area (Å²) in [6.45, 7) is 5.27. The van der Waals surface area contributed by atoms with Gasteiger partial charge in [-0.2, -0.15) is 0 Å². The largest absolute Gasteiger partial charge is 0.492 e. The van der Waals surface area contributed by atoms with Crippen LogP contribution in [0.1, 0.15) is 12.0 Å². The molecule has 1 fully saturated rings. The molecule has 1 unspecified atom stereocenters. The van der Waals surface area contributed by atoms with Crippen molar-refractivity contribution in [1.29, 1.82) is 0 Å². The molecule has 0 aromatic heterocycles. The Morgan fingerprint density at radius 2 is 2.31 bits per heavy atom.